The van der Waals surface area contributed by atoms with Crippen LogP contribution in [-0.4, -0.2) is 28.9 Å². The molecule has 9 heteroatoms. The first kappa shape index (κ1) is 29.6. The second-order valence-corrected chi connectivity index (χ2v) is 11.7. The third kappa shape index (κ3) is 5.99. The number of fused-ring (bicyclic) bond motifs is 2. The third-order valence-corrected chi connectivity index (χ3v) is 8.48. The lowest BCUT2D eigenvalue weighted by Gasteiger charge is -2.36. The van der Waals surface area contributed by atoms with Gasteiger partial charge in [0.05, 0.1) is 18.4 Å². The molecule has 44 heavy (non-hydrogen) atoms. The topological polar surface area (TPSA) is 70.7 Å². The summed E-state index contributed by atoms with van der Waals surface area (Å²) < 4.78 is 5.23. The van der Waals surface area contributed by atoms with Crippen LogP contribution in [0.25, 0.3) is 10.8 Å². The van der Waals surface area contributed by atoms with Crippen molar-refractivity contribution in [1.29, 1.82) is 0 Å². The SMILES string of the molecule is COC(=O)C(c1ccc(Cl)cc1)N1C(=O)c2ccc(NCc3ccc4ccccc4c3)cc2NC(=S)C1c1ccc(Cl)cc1. The number of carbonyl (C=O) groups is 2. The molecule has 0 saturated heterocycles. The number of hydrogen-bond acceptors (Lipinski definition) is 5. The lowest BCUT2D eigenvalue weighted by atomic mass is 9.98. The van der Waals surface area contributed by atoms with E-state index >= 15 is 0 Å². The zero-order valence-corrected chi connectivity index (χ0v) is 25.9. The fourth-order valence-electron chi connectivity index (χ4n) is 5.47. The molecule has 1 amide bonds. The molecule has 0 saturated carbocycles. The van der Waals surface area contributed by atoms with Crippen molar-refractivity contribution in [2.45, 2.75) is 18.6 Å². The number of anilines is 2. The van der Waals surface area contributed by atoms with Gasteiger partial charge in [0.15, 0.2) is 6.04 Å². The van der Waals surface area contributed by atoms with E-state index in [1.54, 1.807) is 54.6 Å². The average Bonchev–Trinajstić information content (AvgIpc) is 3.14. The van der Waals surface area contributed by atoms with E-state index in [1.807, 2.05) is 24.3 Å². The average molecular weight is 641 g/mol. The first-order valence-electron chi connectivity index (χ1n) is 13.9. The number of nitrogens with zero attached hydrogens (tertiary/aromatic N) is 1. The minimum absolute atomic E-state index is 0.342. The summed E-state index contributed by atoms with van der Waals surface area (Å²) in [6, 6.07) is 31.9. The maximum absolute atomic E-state index is 14.5. The maximum atomic E-state index is 14.5. The molecule has 0 spiro atoms. The Kier molecular flexibility index (Phi) is 8.53. The van der Waals surface area contributed by atoms with Gasteiger partial charge in [-0.1, -0.05) is 96.1 Å². The number of ether oxygens (including phenoxy) is 1. The van der Waals surface area contributed by atoms with Gasteiger partial charge in [-0.2, -0.15) is 0 Å². The molecule has 6 rings (SSSR count). The predicted molar refractivity (Wildman–Crippen MR) is 181 cm³/mol. The normalized spacial score (nSPS) is 15.2. The molecule has 0 fully saturated rings. The summed E-state index contributed by atoms with van der Waals surface area (Å²) in [4.78, 5) is 29.7. The summed E-state index contributed by atoms with van der Waals surface area (Å²) in [5.74, 6) is -1.00. The molecule has 0 bridgehead atoms. The Hall–Kier alpha value is -4.43. The van der Waals surface area contributed by atoms with Crippen molar-refractivity contribution in [2.75, 3.05) is 17.7 Å². The van der Waals surface area contributed by atoms with Crippen molar-refractivity contribution in [3.63, 3.8) is 0 Å². The lowest BCUT2D eigenvalue weighted by Crippen LogP contribution is -2.44. The molecule has 0 aromatic heterocycles. The summed E-state index contributed by atoms with van der Waals surface area (Å²) in [6.07, 6.45) is 0. The summed E-state index contributed by atoms with van der Waals surface area (Å²) in [6.45, 7) is 0.586. The highest BCUT2D eigenvalue weighted by molar-refractivity contribution is 7.80. The quantitative estimate of drug-likeness (QED) is 0.137. The van der Waals surface area contributed by atoms with Gasteiger partial charge in [0, 0.05) is 22.3 Å². The van der Waals surface area contributed by atoms with Crippen LogP contribution in [0, 0.1) is 0 Å². The van der Waals surface area contributed by atoms with Gasteiger partial charge in [-0.05, 0) is 76.0 Å². The number of methoxy groups -OCH3 is 1. The Morgan fingerprint density at radius 1 is 0.909 bits per heavy atom. The van der Waals surface area contributed by atoms with E-state index in [1.165, 1.54) is 22.8 Å². The van der Waals surface area contributed by atoms with E-state index in [-0.39, 0.29) is 0 Å². The summed E-state index contributed by atoms with van der Waals surface area (Å²) in [7, 11) is 1.29. The molecule has 1 aliphatic rings. The summed E-state index contributed by atoms with van der Waals surface area (Å²) >= 11 is 18.3. The molecule has 2 N–H and O–H groups in total. The highest BCUT2D eigenvalue weighted by Gasteiger charge is 2.42. The van der Waals surface area contributed by atoms with Crippen LogP contribution in [-0.2, 0) is 16.1 Å². The monoisotopic (exact) mass is 639 g/mol. The largest absolute Gasteiger partial charge is 0.467 e. The number of esters is 1. The fourth-order valence-corrected chi connectivity index (χ4v) is 6.08. The van der Waals surface area contributed by atoms with E-state index < -0.39 is 24.0 Å². The Balaban J connectivity index is 1.39. The zero-order chi connectivity index (χ0) is 30.8. The van der Waals surface area contributed by atoms with Gasteiger partial charge in [-0.25, -0.2) is 4.79 Å². The Morgan fingerprint density at radius 2 is 1.59 bits per heavy atom. The van der Waals surface area contributed by atoms with Gasteiger partial charge in [-0.15, -0.1) is 0 Å². The molecule has 220 valence electrons. The van der Waals surface area contributed by atoms with E-state index in [4.69, 9.17) is 40.2 Å². The molecule has 1 heterocycles. The van der Waals surface area contributed by atoms with E-state index in [2.05, 4.69) is 41.0 Å². The molecule has 1 aliphatic heterocycles. The molecule has 2 unspecified atom stereocenters. The summed E-state index contributed by atoms with van der Waals surface area (Å²) in [5.41, 5.74) is 4.04. The molecule has 2 atom stereocenters. The summed E-state index contributed by atoms with van der Waals surface area (Å²) in [5, 5.41) is 10.1. The van der Waals surface area contributed by atoms with Crippen molar-refractivity contribution in [3.05, 3.63) is 141 Å². The van der Waals surface area contributed by atoms with Crippen molar-refractivity contribution in [2.24, 2.45) is 0 Å². The fraction of sp³-hybridized carbons (Fsp3) is 0.114. The van der Waals surface area contributed by atoms with Crippen LogP contribution >= 0.6 is 35.4 Å². The standard InChI is InChI=1S/C35H27Cl2N3O3S/c1-43-35(42)32(24-10-14-27(37)15-11-24)40-31(23-8-12-26(36)13-9-23)33(44)39-30-19-28(16-17-29(30)34(40)41)38-20-21-6-7-22-4-2-3-5-25(22)18-21/h2-19,31-32,38H,20H2,1H3,(H,39,44). The van der Waals surface area contributed by atoms with Gasteiger partial charge in [-0.3, -0.25) is 4.79 Å². The second kappa shape index (κ2) is 12.7. The highest BCUT2D eigenvalue weighted by Crippen LogP contribution is 2.40. The number of carbonyl (C=O) groups excluding carboxylic acids is 2. The number of benzene rings is 5. The van der Waals surface area contributed by atoms with Crippen molar-refractivity contribution in [1.82, 2.24) is 4.90 Å². The molecule has 5 aromatic carbocycles. The Labute approximate surface area is 270 Å². The minimum atomic E-state index is -1.11. The van der Waals surface area contributed by atoms with Gasteiger partial charge in [0.2, 0.25) is 0 Å². The van der Waals surface area contributed by atoms with Crippen molar-refractivity contribution < 1.29 is 14.3 Å². The van der Waals surface area contributed by atoms with E-state index in [0.29, 0.717) is 44.0 Å². The number of nitrogens with one attached hydrogen (secondary N) is 2. The van der Waals surface area contributed by atoms with Crippen LogP contribution in [0.15, 0.2) is 109 Å². The predicted octanol–water partition coefficient (Wildman–Crippen LogP) is 8.61. The van der Waals surface area contributed by atoms with Crippen LogP contribution in [0.4, 0.5) is 11.4 Å². The molecular weight excluding hydrogens is 613 g/mol. The number of hydrogen-bond donors (Lipinski definition) is 2. The van der Waals surface area contributed by atoms with Crippen LogP contribution in [0.3, 0.4) is 0 Å². The smallest absolute Gasteiger partial charge is 0.333 e. The number of rotatable bonds is 7. The maximum Gasteiger partial charge on any atom is 0.333 e. The van der Waals surface area contributed by atoms with Crippen LogP contribution < -0.4 is 10.6 Å². The van der Waals surface area contributed by atoms with Crippen molar-refractivity contribution in [3.8, 4) is 0 Å². The molecular formula is C35H27Cl2N3O3S. The van der Waals surface area contributed by atoms with Gasteiger partial charge < -0.3 is 20.3 Å². The Morgan fingerprint density at radius 3 is 2.30 bits per heavy atom. The zero-order valence-electron chi connectivity index (χ0n) is 23.6. The van der Waals surface area contributed by atoms with Crippen LogP contribution in [0.2, 0.25) is 10.0 Å². The lowest BCUT2D eigenvalue weighted by molar-refractivity contribution is -0.146. The number of thiocarbonyl (C=S) groups is 1. The number of halogens is 2. The van der Waals surface area contributed by atoms with Crippen LogP contribution in [0.5, 0.6) is 0 Å². The van der Waals surface area contributed by atoms with E-state index in [0.717, 1.165) is 11.3 Å². The molecule has 5 aromatic rings. The molecule has 6 nitrogen and oxygen atoms in total. The number of amides is 1. The van der Waals surface area contributed by atoms with Gasteiger partial charge >= 0.3 is 5.97 Å². The molecule has 0 radical (unpaired) electrons. The van der Waals surface area contributed by atoms with Gasteiger partial charge in [0.1, 0.15) is 11.0 Å². The molecule has 0 aliphatic carbocycles. The first-order valence-corrected chi connectivity index (χ1v) is 15.1. The second-order valence-electron chi connectivity index (χ2n) is 10.4. The first-order chi connectivity index (χ1) is 21.3. The van der Waals surface area contributed by atoms with Gasteiger partial charge in [0.25, 0.3) is 5.91 Å². The van der Waals surface area contributed by atoms with E-state index in [9.17, 15) is 9.59 Å². The Bertz CT molecular complexity index is 1880. The third-order valence-electron chi connectivity index (χ3n) is 7.65. The van der Waals surface area contributed by atoms with Crippen molar-refractivity contribution >= 4 is 74.4 Å². The van der Waals surface area contributed by atoms with Crippen LogP contribution in [0.1, 0.15) is 39.1 Å². The highest BCUT2D eigenvalue weighted by atomic mass is 35.5. The minimum Gasteiger partial charge on any atom is -0.467 e.